The molecule has 0 radical (unpaired) electrons. The third kappa shape index (κ3) is 27.1. The molecule has 3 heterocycles. The lowest BCUT2D eigenvalue weighted by molar-refractivity contribution is 0.405. The highest BCUT2D eigenvalue weighted by atomic mass is 31.2. The molecule has 0 unspecified atom stereocenters. The summed E-state index contributed by atoms with van der Waals surface area (Å²) in [7, 11) is -7.94. The van der Waals surface area contributed by atoms with Gasteiger partial charge in [-0.25, -0.2) is 0 Å². The highest BCUT2D eigenvalue weighted by Gasteiger charge is 2.39. The van der Waals surface area contributed by atoms with Crippen molar-refractivity contribution in [1.82, 2.24) is 0 Å². The van der Waals surface area contributed by atoms with Gasteiger partial charge in [0, 0.05) is 78.6 Å². The van der Waals surface area contributed by atoms with Crippen LogP contribution in [0.4, 0.5) is 16.8 Å². The van der Waals surface area contributed by atoms with Crippen LogP contribution in [0.25, 0.3) is 43.9 Å². The van der Waals surface area contributed by atoms with Crippen molar-refractivity contribution in [3.8, 4) is 46.0 Å². The number of para-hydroxylation sites is 2. The molecule has 0 amide bonds. The standard InChI is InChI=1S/C30H44FO2P.C28H40FO2P.C23H31O4P.C18H22FO2P.C14H14FO2P/c1-18-21-14-19(27(2,3)4)16-23(29(8,9)10)25(21)32-34(31)33-26-22(18)15-20(28(5,6)7)17-24(26)30(11,12)13;1-25(2,3)17-13-19-20-14-18(26(4,5)6)16-22(28(10,11)12)24(20)31-32(29)30-23(19)21(15-17)27(7,8)9;1-22(2,3)18-12-14(24-7)10-16-17-11-15(25-8)13-19(23(4,5)6)21(17)27-28(9)26-20(16)18;1-11-7-13(3)17(14(4)8-11)20-22(19)21-18-15(5)9-12(2)10-16(18)6;1-11-7-3-5-9-13(11)16-18(15)17-14-10-6-4-8-12(14)2/h14-18H,1-13H3;13-16H,1-12H3;10-13H,1-9H3;7-10H,1-6H3;3-10H,1-2H3. The number of aryl methyl sites for hydroxylation is 9. The van der Waals surface area contributed by atoms with Crippen molar-refractivity contribution in [2.75, 3.05) is 14.2 Å². The normalized spacial score (nSPS) is 14.0. The fourth-order valence-electron chi connectivity index (χ4n) is 16.2. The summed E-state index contributed by atoms with van der Waals surface area (Å²) in [6, 6.07) is 48.3. The highest BCUT2D eigenvalue weighted by Crippen LogP contribution is 2.58. The van der Waals surface area contributed by atoms with Gasteiger partial charge in [-0.1, -0.05) is 323 Å². The molecule has 1 aliphatic rings. The molecule has 0 bridgehead atoms. The summed E-state index contributed by atoms with van der Waals surface area (Å²) in [4.78, 5) is 0. The first kappa shape index (κ1) is 109. The summed E-state index contributed by atoms with van der Waals surface area (Å²) < 4.78 is 128. The smallest absolute Gasteiger partial charge is 0.497 e. The van der Waals surface area contributed by atoms with Gasteiger partial charge in [0.2, 0.25) is 8.01 Å². The summed E-state index contributed by atoms with van der Waals surface area (Å²) >= 11 is 0. The number of benzene rings is 10. The lowest BCUT2D eigenvalue weighted by atomic mass is 9.74. The van der Waals surface area contributed by atoms with Crippen molar-refractivity contribution >= 4 is 86.3 Å². The molecule has 21 heteroatoms. The number of fused-ring (bicyclic) bond motifs is 8. The molecule has 0 saturated carbocycles. The third-order valence-corrected chi connectivity index (χ3v) is 27.5. The second-order valence-electron chi connectivity index (χ2n) is 46.2. The van der Waals surface area contributed by atoms with Gasteiger partial charge in [-0.05, 0) is 214 Å². The first-order valence-electron chi connectivity index (χ1n) is 46.3. The molecule has 12 nitrogen and oxygen atoms in total. The fourth-order valence-corrected chi connectivity index (χ4v) is 20.2. The van der Waals surface area contributed by atoms with E-state index in [-0.39, 0.29) is 60.1 Å². The average molecular weight is 1930 g/mol. The zero-order valence-corrected chi connectivity index (χ0v) is 92.6. The van der Waals surface area contributed by atoms with Crippen LogP contribution in [-0.4, -0.2) is 14.2 Å². The quantitative estimate of drug-likeness (QED) is 0.0955. The van der Waals surface area contributed by atoms with Gasteiger partial charge in [0.05, 0.1) is 14.2 Å². The monoisotopic (exact) mass is 1930 g/mol. The Balaban J connectivity index is 0.000000191. The Morgan fingerprint density at radius 1 is 0.306 bits per heavy atom. The van der Waals surface area contributed by atoms with Gasteiger partial charge in [0.15, 0.2) is 0 Å². The van der Waals surface area contributed by atoms with Crippen LogP contribution < -0.4 is 36.6 Å². The third-order valence-electron chi connectivity index (χ3n) is 24.0. The minimum absolute atomic E-state index is 0.0134. The van der Waals surface area contributed by atoms with Crippen molar-refractivity contribution < 1.29 is 70.2 Å². The molecule has 10 aromatic carbocycles. The van der Waals surface area contributed by atoms with Gasteiger partial charge in [-0.2, -0.15) is 0 Å². The first-order valence-corrected chi connectivity index (χ1v) is 52.2. The maximum Gasteiger partial charge on any atom is 0.505 e. The zero-order valence-electron chi connectivity index (χ0n) is 88.1. The lowest BCUT2D eigenvalue weighted by Gasteiger charge is -2.35. The molecule has 12 aromatic rings. The number of methoxy groups -OCH3 is 2. The first-order chi connectivity index (χ1) is 61.4. The molecule has 2 aromatic heterocycles. The van der Waals surface area contributed by atoms with Gasteiger partial charge in [0.1, 0.15) is 68.3 Å². The summed E-state index contributed by atoms with van der Waals surface area (Å²) in [5.41, 5.74) is 22.7. The summed E-state index contributed by atoms with van der Waals surface area (Å²) in [6.45, 7) is 85.2. The Bertz CT molecular complexity index is 5900. The number of hydrogen-bond acceptors (Lipinski definition) is 12. The predicted octanol–water partition coefficient (Wildman–Crippen LogP) is 38.8. The van der Waals surface area contributed by atoms with E-state index < -0.39 is 42.4 Å². The second-order valence-corrected chi connectivity index (χ2v) is 50.6. The van der Waals surface area contributed by atoms with Crippen LogP contribution in [0.1, 0.15) is 332 Å². The van der Waals surface area contributed by atoms with E-state index in [2.05, 4.69) is 275 Å². The molecule has 0 aliphatic carbocycles. The van der Waals surface area contributed by atoms with E-state index in [0.29, 0.717) is 45.7 Å². The Morgan fingerprint density at radius 3 is 0.851 bits per heavy atom. The average Bonchev–Trinajstić information content (AvgIpc) is 1.67. The van der Waals surface area contributed by atoms with E-state index in [4.69, 9.17) is 53.4 Å². The van der Waals surface area contributed by atoms with E-state index in [1.54, 1.807) is 38.5 Å². The topological polar surface area (TPSA) is 126 Å². The Labute approximate surface area is 805 Å². The van der Waals surface area contributed by atoms with Crippen LogP contribution in [0, 0.1) is 55.4 Å². The maximum atomic E-state index is 15.5. The van der Waals surface area contributed by atoms with Crippen LogP contribution in [0.5, 0.6) is 46.0 Å². The molecule has 0 spiro atoms. The van der Waals surface area contributed by atoms with Crippen molar-refractivity contribution in [2.45, 2.75) is 330 Å². The van der Waals surface area contributed by atoms with Crippen molar-refractivity contribution in [2.24, 2.45) is 6.66 Å². The van der Waals surface area contributed by atoms with Crippen molar-refractivity contribution in [3.05, 3.63) is 257 Å². The van der Waals surface area contributed by atoms with E-state index >= 15 is 8.39 Å². The lowest BCUT2D eigenvalue weighted by Crippen LogP contribution is -2.22. The fraction of sp³-hybridized carbons (Fsp3) is 0.469. The number of rotatable bonds is 10. The second kappa shape index (κ2) is 41.6. The van der Waals surface area contributed by atoms with Gasteiger partial charge in [-0.3, -0.25) is 0 Å². The van der Waals surface area contributed by atoms with E-state index in [9.17, 15) is 8.39 Å². The molecule has 0 atom stereocenters. The summed E-state index contributed by atoms with van der Waals surface area (Å²) in [5.74, 6) is 5.06. The number of ether oxygens (including phenoxy) is 2. The Morgan fingerprint density at radius 2 is 0.567 bits per heavy atom. The predicted molar refractivity (Wildman–Crippen MR) is 562 cm³/mol. The van der Waals surface area contributed by atoms with Crippen LogP contribution in [0.15, 0.2) is 162 Å². The molecule has 728 valence electrons. The van der Waals surface area contributed by atoms with Gasteiger partial charge < -0.3 is 53.4 Å². The Hall–Kier alpha value is -8.59. The molecular formula is C113H151F4O12P5. The minimum Gasteiger partial charge on any atom is -0.497 e. The van der Waals surface area contributed by atoms with Crippen LogP contribution in [0.2, 0.25) is 0 Å². The van der Waals surface area contributed by atoms with Crippen LogP contribution >= 0.6 is 42.4 Å². The molecule has 13 rings (SSSR count). The molecular weight excluding hydrogens is 1780 g/mol. The van der Waals surface area contributed by atoms with Gasteiger partial charge >= 0.3 is 34.4 Å². The molecule has 0 fully saturated rings. The van der Waals surface area contributed by atoms with Crippen LogP contribution in [0.3, 0.4) is 0 Å². The zero-order chi connectivity index (χ0) is 101. The molecule has 1 aliphatic heterocycles. The highest BCUT2D eigenvalue weighted by molar-refractivity contribution is 7.42. The minimum atomic E-state index is -2.63. The summed E-state index contributed by atoms with van der Waals surface area (Å²) in [6.07, 6.45) is 0. The van der Waals surface area contributed by atoms with Crippen molar-refractivity contribution in [1.29, 1.82) is 0 Å². The maximum absolute atomic E-state index is 15.5. The summed E-state index contributed by atoms with van der Waals surface area (Å²) in [5, 5.41) is 3.82. The Kier molecular flexibility index (Phi) is 33.9. The van der Waals surface area contributed by atoms with E-state index in [1.807, 2.05) is 123 Å². The van der Waals surface area contributed by atoms with Crippen LogP contribution in [-0.2, 0) is 60.8 Å². The molecule has 0 saturated heterocycles. The SMILES string of the molecule is CC(C)(C)c1cc(C(C)(C)C)c2op(F)oc3c(C(C)(C)C)cc(C(C)(C)C)cc3c2c1.CC1c2cc(C(C)(C)C)cc(C(C)(C)C)c2OP(F)Oc2c1cc(C(C)(C)C)cc2C(C)(C)C.COc1cc(C(C)(C)C)c2op(C)oc3c(C(C)(C)C)cc(OC)cc3c2c1.Cc1cc(C)c(OP(F)Oc2c(C)cc(C)cc2C)c(C)c1.Cc1ccccc1OP(F)Oc1ccccc1C. The number of hydrogen-bond donors (Lipinski definition) is 0. The number of halogens is 4. The van der Waals surface area contributed by atoms with E-state index in [0.717, 1.165) is 133 Å². The molecule has 134 heavy (non-hydrogen) atoms. The largest absolute Gasteiger partial charge is 0.505 e. The van der Waals surface area contributed by atoms with Crippen molar-refractivity contribution in [3.63, 3.8) is 0 Å². The molecule has 0 N–H and O–H groups in total. The van der Waals surface area contributed by atoms with Gasteiger partial charge in [-0.15, -0.1) is 16.8 Å². The van der Waals surface area contributed by atoms with Gasteiger partial charge in [0.25, 0.3) is 0 Å². The van der Waals surface area contributed by atoms with E-state index in [1.165, 1.54) is 22.3 Å².